The molecule has 5 nitrogen and oxygen atoms in total. The van der Waals surface area contributed by atoms with Crippen LogP contribution in [0.4, 0.5) is 0 Å². The third-order valence-corrected chi connectivity index (χ3v) is 3.38. The summed E-state index contributed by atoms with van der Waals surface area (Å²) < 4.78 is 5.51. The molecule has 0 saturated heterocycles. The Hall–Kier alpha value is -2.14. The molecule has 1 unspecified atom stereocenters. The molecule has 0 aliphatic heterocycles. The lowest BCUT2D eigenvalue weighted by Crippen LogP contribution is -2.18. The number of aromatic hydroxyl groups is 1. The zero-order valence-electron chi connectivity index (χ0n) is 12.5. The molecule has 1 atom stereocenters. The van der Waals surface area contributed by atoms with Crippen LogP contribution in [0.15, 0.2) is 29.1 Å². The highest BCUT2D eigenvalue weighted by Crippen LogP contribution is 2.28. The van der Waals surface area contributed by atoms with Gasteiger partial charge in [-0.05, 0) is 31.4 Å². The molecule has 1 heterocycles. The molecule has 0 saturated carbocycles. The number of nitrogens with zero attached hydrogens (tertiary/aromatic N) is 1. The lowest BCUT2D eigenvalue weighted by Gasteiger charge is -2.15. The second-order valence-corrected chi connectivity index (χ2v) is 4.82. The molecule has 0 spiro atoms. The molecule has 112 valence electrons. The van der Waals surface area contributed by atoms with E-state index in [1.807, 2.05) is 39.0 Å². The van der Waals surface area contributed by atoms with Gasteiger partial charge in [0.15, 0.2) is 0 Å². The zero-order chi connectivity index (χ0) is 15.4. The predicted molar refractivity (Wildman–Crippen MR) is 81.4 cm³/mol. The number of aromatic nitrogens is 2. The largest absolute Gasteiger partial charge is 0.493 e. The van der Waals surface area contributed by atoms with Gasteiger partial charge in [-0.3, -0.25) is 4.79 Å². The fourth-order valence-corrected chi connectivity index (χ4v) is 2.32. The van der Waals surface area contributed by atoms with Gasteiger partial charge in [0.1, 0.15) is 17.5 Å². The Kier molecular flexibility index (Phi) is 4.75. The van der Waals surface area contributed by atoms with Gasteiger partial charge < -0.3 is 14.8 Å². The molecule has 2 rings (SSSR count). The highest BCUT2D eigenvalue weighted by molar-refractivity contribution is 5.70. The summed E-state index contributed by atoms with van der Waals surface area (Å²) in [5.74, 6) is 0.0976. The van der Waals surface area contributed by atoms with E-state index in [9.17, 15) is 9.90 Å². The lowest BCUT2D eigenvalue weighted by atomic mass is 10.0. The summed E-state index contributed by atoms with van der Waals surface area (Å²) in [7, 11) is 0. The number of aryl methyl sites for hydroxylation is 1. The maximum absolute atomic E-state index is 12.3. The minimum absolute atomic E-state index is 0.197. The van der Waals surface area contributed by atoms with Crippen molar-refractivity contribution in [3.05, 3.63) is 46.0 Å². The van der Waals surface area contributed by atoms with Crippen molar-refractivity contribution in [1.29, 1.82) is 0 Å². The van der Waals surface area contributed by atoms with E-state index in [1.165, 1.54) is 0 Å². The van der Waals surface area contributed by atoms with Gasteiger partial charge in [-0.25, -0.2) is 0 Å². The molecule has 2 N–H and O–H groups in total. The molecule has 5 heteroatoms. The lowest BCUT2D eigenvalue weighted by molar-refractivity contribution is 0.0529. The van der Waals surface area contributed by atoms with Crippen molar-refractivity contribution in [1.82, 2.24) is 9.97 Å². The van der Waals surface area contributed by atoms with Crippen LogP contribution in [-0.2, 0) is 4.74 Å². The third kappa shape index (κ3) is 3.13. The number of H-pyrrole nitrogens is 1. The number of hydrogen-bond acceptors (Lipinski definition) is 4. The van der Waals surface area contributed by atoms with Crippen LogP contribution in [0.5, 0.6) is 5.88 Å². The molecule has 1 aromatic carbocycles. The van der Waals surface area contributed by atoms with E-state index in [4.69, 9.17) is 4.74 Å². The van der Waals surface area contributed by atoms with Crippen LogP contribution in [0.2, 0.25) is 0 Å². The normalized spacial score (nSPS) is 12.3. The number of ether oxygens (including phenoxy) is 1. The highest BCUT2D eigenvalue weighted by atomic mass is 16.5. The van der Waals surface area contributed by atoms with E-state index >= 15 is 0 Å². The van der Waals surface area contributed by atoms with Gasteiger partial charge >= 0.3 is 0 Å². The van der Waals surface area contributed by atoms with Crippen LogP contribution in [-0.4, -0.2) is 21.7 Å². The second kappa shape index (κ2) is 6.54. The first-order chi connectivity index (χ1) is 10.1. The average Bonchev–Trinajstić information content (AvgIpc) is 2.46. The minimum Gasteiger partial charge on any atom is -0.493 e. The van der Waals surface area contributed by atoms with Gasteiger partial charge in [-0.1, -0.05) is 31.2 Å². The molecule has 0 fully saturated rings. The van der Waals surface area contributed by atoms with E-state index in [1.54, 1.807) is 6.07 Å². The molecule has 0 bridgehead atoms. The van der Waals surface area contributed by atoms with Gasteiger partial charge in [-0.2, -0.15) is 4.98 Å². The van der Waals surface area contributed by atoms with Crippen LogP contribution >= 0.6 is 0 Å². The van der Waals surface area contributed by atoms with Gasteiger partial charge in [-0.15, -0.1) is 0 Å². The zero-order valence-corrected chi connectivity index (χ0v) is 12.5. The van der Waals surface area contributed by atoms with Crippen LogP contribution in [0.1, 0.15) is 37.8 Å². The summed E-state index contributed by atoms with van der Waals surface area (Å²) in [4.78, 5) is 19.2. The maximum Gasteiger partial charge on any atom is 0.262 e. The van der Waals surface area contributed by atoms with Gasteiger partial charge in [0.25, 0.3) is 5.56 Å². The van der Waals surface area contributed by atoms with Crippen molar-refractivity contribution in [2.24, 2.45) is 0 Å². The van der Waals surface area contributed by atoms with E-state index in [0.717, 1.165) is 5.56 Å². The van der Waals surface area contributed by atoms with Crippen molar-refractivity contribution in [2.45, 2.75) is 33.3 Å². The molecular weight excluding hydrogens is 268 g/mol. The molecule has 0 aliphatic carbocycles. The molecule has 1 aromatic heterocycles. The fourth-order valence-electron chi connectivity index (χ4n) is 2.32. The van der Waals surface area contributed by atoms with Crippen molar-refractivity contribution >= 4 is 0 Å². The Bertz CT molecular complexity index is 679. The Morgan fingerprint density at radius 1 is 1.33 bits per heavy atom. The minimum atomic E-state index is -0.357. The number of rotatable bonds is 5. The third-order valence-electron chi connectivity index (χ3n) is 3.38. The predicted octanol–water partition coefficient (Wildman–Crippen LogP) is 2.94. The van der Waals surface area contributed by atoms with Crippen molar-refractivity contribution in [2.75, 3.05) is 6.61 Å². The standard InChI is InChI=1S/C16H20N2O3/c1-4-12(21-5-2)14-17-15(19)13(16(20)18-14)11-9-7-6-8-10(11)3/h6-9,12H,4-5H2,1-3H3,(H2,17,18,19,20). The van der Waals surface area contributed by atoms with Crippen LogP contribution < -0.4 is 5.56 Å². The smallest absolute Gasteiger partial charge is 0.262 e. The maximum atomic E-state index is 12.3. The average molecular weight is 288 g/mol. The highest BCUT2D eigenvalue weighted by Gasteiger charge is 2.18. The molecule has 0 amide bonds. The molecule has 0 radical (unpaired) electrons. The van der Waals surface area contributed by atoms with E-state index in [2.05, 4.69) is 9.97 Å². The summed E-state index contributed by atoms with van der Waals surface area (Å²) in [6.45, 7) is 6.22. The van der Waals surface area contributed by atoms with Gasteiger partial charge in [0.2, 0.25) is 5.88 Å². The van der Waals surface area contributed by atoms with E-state index in [0.29, 0.717) is 24.4 Å². The Morgan fingerprint density at radius 2 is 2.05 bits per heavy atom. The van der Waals surface area contributed by atoms with Crippen LogP contribution in [0, 0.1) is 6.92 Å². The van der Waals surface area contributed by atoms with Gasteiger partial charge in [0.05, 0.1) is 0 Å². The number of benzene rings is 1. The number of hydrogen-bond donors (Lipinski definition) is 2. The summed E-state index contributed by atoms with van der Waals surface area (Å²) in [6, 6.07) is 7.39. The van der Waals surface area contributed by atoms with E-state index < -0.39 is 0 Å². The molecule has 2 aromatic rings. The SMILES string of the molecule is CCOC(CC)c1nc(O)c(-c2ccccc2C)c(=O)[nH]1. The number of nitrogens with one attached hydrogen (secondary N) is 1. The fraction of sp³-hybridized carbons (Fsp3) is 0.375. The summed E-state index contributed by atoms with van der Waals surface area (Å²) in [6.07, 6.45) is 0.347. The Labute approximate surface area is 123 Å². The summed E-state index contributed by atoms with van der Waals surface area (Å²) in [5.41, 5.74) is 1.43. The first-order valence-corrected chi connectivity index (χ1v) is 7.09. The van der Waals surface area contributed by atoms with Crippen molar-refractivity contribution in [3.8, 4) is 17.0 Å². The molecule has 0 aliphatic rings. The Morgan fingerprint density at radius 3 is 2.62 bits per heavy atom. The molecule has 21 heavy (non-hydrogen) atoms. The van der Waals surface area contributed by atoms with Crippen LogP contribution in [0.3, 0.4) is 0 Å². The van der Waals surface area contributed by atoms with Crippen LogP contribution in [0.25, 0.3) is 11.1 Å². The Balaban J connectivity index is 2.53. The van der Waals surface area contributed by atoms with Gasteiger partial charge in [0, 0.05) is 6.61 Å². The van der Waals surface area contributed by atoms with Crippen molar-refractivity contribution < 1.29 is 9.84 Å². The summed E-state index contributed by atoms with van der Waals surface area (Å²) in [5, 5.41) is 10.2. The second-order valence-electron chi connectivity index (χ2n) is 4.82. The topological polar surface area (TPSA) is 75.2 Å². The first-order valence-electron chi connectivity index (χ1n) is 7.09. The quantitative estimate of drug-likeness (QED) is 0.887. The number of aromatic amines is 1. The van der Waals surface area contributed by atoms with E-state index in [-0.39, 0.29) is 23.1 Å². The summed E-state index contributed by atoms with van der Waals surface area (Å²) >= 11 is 0. The van der Waals surface area contributed by atoms with Crippen molar-refractivity contribution in [3.63, 3.8) is 0 Å². The monoisotopic (exact) mass is 288 g/mol. The molecular formula is C16H20N2O3. The first kappa shape index (κ1) is 15.3.